The van der Waals surface area contributed by atoms with Crippen LogP contribution in [0.4, 0.5) is 5.88 Å². The van der Waals surface area contributed by atoms with Crippen LogP contribution in [0.5, 0.6) is 0 Å². The number of carbonyl (C=O) groups is 1. The molecular weight excluding hydrogens is 364 g/mol. The Kier molecular flexibility index (Phi) is 5.96. The van der Waals surface area contributed by atoms with Crippen molar-refractivity contribution in [3.8, 4) is 6.07 Å². The van der Waals surface area contributed by atoms with Gasteiger partial charge in [0.05, 0.1) is 29.2 Å². The van der Waals surface area contributed by atoms with E-state index in [1.807, 2.05) is 20.8 Å². The molecule has 27 heavy (non-hydrogen) atoms. The van der Waals surface area contributed by atoms with Gasteiger partial charge in [-0.3, -0.25) is 14.6 Å². The predicted octanol–water partition coefficient (Wildman–Crippen LogP) is 2.01. The highest BCUT2D eigenvalue weighted by atomic mass is 32.2. The van der Waals surface area contributed by atoms with Crippen LogP contribution in [0.1, 0.15) is 41.6 Å². The van der Waals surface area contributed by atoms with Crippen LogP contribution in [0.3, 0.4) is 0 Å². The van der Waals surface area contributed by atoms with Crippen LogP contribution in [-0.4, -0.2) is 35.0 Å². The fourth-order valence-corrected chi connectivity index (χ4v) is 3.85. The van der Waals surface area contributed by atoms with E-state index in [1.54, 1.807) is 11.0 Å². The average molecular weight is 387 g/mol. The number of aromatic nitrogens is 3. The van der Waals surface area contributed by atoms with Crippen LogP contribution in [0.15, 0.2) is 15.7 Å². The Morgan fingerprint density at radius 1 is 1.33 bits per heavy atom. The van der Waals surface area contributed by atoms with Crippen LogP contribution in [0, 0.1) is 32.1 Å². The van der Waals surface area contributed by atoms with Crippen molar-refractivity contribution in [2.45, 2.75) is 45.1 Å². The Bertz CT molecular complexity index is 883. The largest absolute Gasteiger partial charge is 0.305 e. The maximum absolute atomic E-state index is 12.3. The van der Waals surface area contributed by atoms with Crippen LogP contribution in [-0.2, 0) is 4.79 Å². The summed E-state index contributed by atoms with van der Waals surface area (Å²) in [6.45, 7) is 7.60. The summed E-state index contributed by atoms with van der Waals surface area (Å²) < 4.78 is 5.20. The second kappa shape index (κ2) is 8.39. The second-order valence-electron chi connectivity index (χ2n) is 6.58. The monoisotopic (exact) mass is 387 g/mol. The molecule has 3 heterocycles. The fraction of sp³-hybridized carbons (Fsp3) is 0.500. The van der Waals surface area contributed by atoms with Crippen molar-refractivity contribution in [1.82, 2.24) is 10.3 Å². The van der Waals surface area contributed by atoms with E-state index in [1.165, 1.54) is 18.2 Å². The van der Waals surface area contributed by atoms with E-state index < -0.39 is 0 Å². The number of piperidine rings is 1. The molecule has 0 spiro atoms. The van der Waals surface area contributed by atoms with Gasteiger partial charge in [0.25, 0.3) is 6.20 Å². The zero-order valence-electron chi connectivity index (χ0n) is 15.8. The zero-order chi connectivity index (χ0) is 19.4. The van der Waals surface area contributed by atoms with E-state index in [0.29, 0.717) is 16.5 Å². The Balaban J connectivity index is 1.61. The topological polar surface area (TPSA) is 98.9 Å². The molecule has 0 saturated carbocycles. The summed E-state index contributed by atoms with van der Waals surface area (Å²) in [5, 5.41) is 18.7. The molecule has 0 atom stereocenters. The SMILES string of the molecule is Cc1nc(SCC(=O)Nc2c[n+](N3CCCCC3)no2)c(C#N)c(C)c1C. The Hall–Kier alpha value is -2.60. The summed E-state index contributed by atoms with van der Waals surface area (Å²) >= 11 is 1.25. The number of hydrogen-bond donors (Lipinski definition) is 1. The lowest BCUT2D eigenvalue weighted by molar-refractivity contribution is -0.759. The number of nitrogens with zero attached hydrogens (tertiary/aromatic N) is 5. The highest BCUT2D eigenvalue weighted by Gasteiger charge is 2.23. The molecule has 1 N–H and O–H groups in total. The Labute approximate surface area is 162 Å². The number of rotatable bonds is 5. The molecule has 0 radical (unpaired) electrons. The van der Waals surface area contributed by atoms with Crippen molar-refractivity contribution in [2.24, 2.45) is 0 Å². The van der Waals surface area contributed by atoms with Gasteiger partial charge in [0.15, 0.2) is 0 Å². The standard InChI is InChI=1S/C18H22N6O2S/c1-12-13(2)15(9-19)18(20-14(12)3)27-11-16(25)21-17-10-24(22-26-17)23-7-5-4-6-8-23/h10H,4-8,11H2,1-3H3/p+1. The highest BCUT2D eigenvalue weighted by Crippen LogP contribution is 2.26. The fourth-order valence-electron chi connectivity index (χ4n) is 2.96. The van der Waals surface area contributed by atoms with Crippen LogP contribution >= 0.6 is 11.8 Å². The van der Waals surface area contributed by atoms with E-state index in [4.69, 9.17) is 4.52 Å². The number of nitriles is 1. The molecule has 3 rings (SSSR count). The summed E-state index contributed by atoms with van der Waals surface area (Å²) in [5.41, 5.74) is 3.31. The smallest absolute Gasteiger partial charge is 0.288 e. The molecule has 142 valence electrons. The van der Waals surface area contributed by atoms with Gasteiger partial charge in [-0.25, -0.2) is 4.98 Å². The molecule has 2 aromatic rings. The molecule has 1 aliphatic heterocycles. The third-order valence-electron chi connectivity index (χ3n) is 4.76. The number of anilines is 1. The summed E-state index contributed by atoms with van der Waals surface area (Å²) in [6, 6.07) is 2.19. The first-order valence-electron chi connectivity index (χ1n) is 8.94. The van der Waals surface area contributed by atoms with Gasteiger partial charge in [-0.1, -0.05) is 11.8 Å². The zero-order valence-corrected chi connectivity index (χ0v) is 16.6. The Morgan fingerprint density at radius 2 is 2.07 bits per heavy atom. The van der Waals surface area contributed by atoms with Gasteiger partial charge in [0, 0.05) is 5.69 Å². The molecule has 1 aliphatic rings. The summed E-state index contributed by atoms with van der Waals surface area (Å²) in [7, 11) is 0. The lowest BCUT2D eigenvalue weighted by atomic mass is 10.1. The molecule has 0 unspecified atom stereocenters. The number of carbonyl (C=O) groups excluding carboxylic acids is 1. The third kappa shape index (κ3) is 4.39. The number of aryl methyl sites for hydroxylation is 1. The molecule has 1 amide bonds. The van der Waals surface area contributed by atoms with Gasteiger partial charge >= 0.3 is 5.88 Å². The minimum atomic E-state index is -0.233. The van der Waals surface area contributed by atoms with Crippen LogP contribution in [0.25, 0.3) is 0 Å². The molecule has 0 bridgehead atoms. The molecule has 0 aliphatic carbocycles. The number of amides is 1. The maximum Gasteiger partial charge on any atom is 0.305 e. The first-order valence-corrected chi connectivity index (χ1v) is 9.92. The van der Waals surface area contributed by atoms with Crippen molar-refractivity contribution in [2.75, 3.05) is 29.2 Å². The number of pyridine rings is 1. The highest BCUT2D eigenvalue weighted by molar-refractivity contribution is 8.00. The molecule has 2 aromatic heterocycles. The van der Waals surface area contributed by atoms with Gasteiger partial charge in [0.2, 0.25) is 11.2 Å². The minimum Gasteiger partial charge on any atom is -0.288 e. The normalized spacial score (nSPS) is 14.1. The number of thioether (sulfide) groups is 1. The van der Waals surface area contributed by atoms with E-state index in [2.05, 4.69) is 26.7 Å². The lowest BCUT2D eigenvalue weighted by Gasteiger charge is -2.17. The van der Waals surface area contributed by atoms with Gasteiger partial charge in [-0.15, -0.1) is 0 Å². The van der Waals surface area contributed by atoms with Crippen molar-refractivity contribution in [3.63, 3.8) is 0 Å². The minimum absolute atomic E-state index is 0.133. The lowest BCUT2D eigenvalue weighted by Crippen LogP contribution is -2.60. The molecule has 1 saturated heterocycles. The molecule has 0 aromatic carbocycles. The summed E-state index contributed by atoms with van der Waals surface area (Å²) in [4.78, 5) is 18.4. The molecule has 9 heteroatoms. The van der Waals surface area contributed by atoms with Gasteiger partial charge in [0.1, 0.15) is 11.1 Å². The van der Waals surface area contributed by atoms with Gasteiger partial charge < -0.3 is 0 Å². The van der Waals surface area contributed by atoms with E-state index >= 15 is 0 Å². The second-order valence-corrected chi connectivity index (χ2v) is 7.54. The molecular formula is C18H23N6O2S+. The van der Waals surface area contributed by atoms with Crippen LogP contribution < -0.4 is 15.1 Å². The van der Waals surface area contributed by atoms with Crippen molar-refractivity contribution < 1.29 is 14.1 Å². The molecule has 1 fully saturated rings. The summed E-state index contributed by atoms with van der Waals surface area (Å²) in [6.07, 6.45) is 5.16. The van der Waals surface area contributed by atoms with E-state index in [0.717, 1.165) is 42.8 Å². The Morgan fingerprint density at radius 3 is 2.78 bits per heavy atom. The molecule has 8 nitrogen and oxygen atoms in total. The average Bonchev–Trinajstić information content (AvgIpc) is 3.13. The van der Waals surface area contributed by atoms with E-state index in [-0.39, 0.29) is 11.7 Å². The maximum atomic E-state index is 12.3. The van der Waals surface area contributed by atoms with Crippen LogP contribution in [0.2, 0.25) is 0 Å². The number of nitrogens with one attached hydrogen (secondary N) is 1. The van der Waals surface area contributed by atoms with Crippen molar-refractivity contribution >= 4 is 23.6 Å². The van der Waals surface area contributed by atoms with Gasteiger partial charge in [-0.05, 0) is 51.2 Å². The van der Waals surface area contributed by atoms with Crippen molar-refractivity contribution in [1.29, 1.82) is 5.26 Å². The van der Waals surface area contributed by atoms with Gasteiger partial charge in [-0.2, -0.15) is 10.3 Å². The van der Waals surface area contributed by atoms with Crippen molar-refractivity contribution in [3.05, 3.63) is 28.6 Å². The number of hydrogen-bond acceptors (Lipinski definition) is 7. The predicted molar refractivity (Wildman–Crippen MR) is 101 cm³/mol. The van der Waals surface area contributed by atoms with E-state index in [9.17, 15) is 10.1 Å². The summed E-state index contributed by atoms with van der Waals surface area (Å²) in [5.74, 6) is 0.202. The third-order valence-corrected chi connectivity index (χ3v) is 5.73. The quantitative estimate of drug-likeness (QED) is 0.619. The first kappa shape index (κ1) is 19.2. The first-order chi connectivity index (χ1) is 13.0.